The van der Waals surface area contributed by atoms with E-state index in [1.165, 1.54) is 0 Å². The third-order valence-corrected chi connectivity index (χ3v) is 3.26. The second kappa shape index (κ2) is 6.07. The highest BCUT2D eigenvalue weighted by molar-refractivity contribution is 6.30. The monoisotopic (exact) mass is 268 g/mol. The highest BCUT2D eigenvalue weighted by Crippen LogP contribution is 2.24. The van der Waals surface area contributed by atoms with Gasteiger partial charge in [0.2, 0.25) is 0 Å². The van der Waals surface area contributed by atoms with Crippen molar-refractivity contribution in [1.82, 2.24) is 5.32 Å². The molecule has 1 fully saturated rings. The number of cyclic esters (lactones) is 1. The lowest BCUT2D eigenvalue weighted by Gasteiger charge is -2.32. The van der Waals surface area contributed by atoms with Gasteiger partial charge in [0, 0.05) is 23.2 Å². The third kappa shape index (κ3) is 3.15. The second-order valence-electron chi connectivity index (χ2n) is 4.43. The lowest BCUT2D eigenvalue weighted by atomic mass is 10.0. The zero-order valence-electron chi connectivity index (χ0n) is 10.4. The van der Waals surface area contributed by atoms with Gasteiger partial charge in [0.25, 0.3) is 0 Å². The van der Waals surface area contributed by atoms with Crippen molar-refractivity contribution in [2.75, 3.05) is 31.6 Å². The molecule has 1 atom stereocenters. The first kappa shape index (κ1) is 13.2. The minimum atomic E-state index is -0.294. The number of hydrogen-bond acceptors (Lipinski definition) is 3. The average molecular weight is 269 g/mol. The minimum Gasteiger partial charge on any atom is -0.449 e. The molecule has 0 aromatic heterocycles. The van der Waals surface area contributed by atoms with Crippen LogP contribution in [-0.4, -0.2) is 32.8 Å². The largest absolute Gasteiger partial charge is 0.449 e. The Hall–Kier alpha value is -1.26. The first-order valence-corrected chi connectivity index (χ1v) is 6.43. The Kier molecular flexibility index (Phi) is 4.44. The van der Waals surface area contributed by atoms with Gasteiger partial charge >= 0.3 is 6.09 Å². The number of carbonyl (C=O) groups excluding carboxylic acids is 1. The summed E-state index contributed by atoms with van der Waals surface area (Å²) < 4.78 is 5.21. The van der Waals surface area contributed by atoms with Gasteiger partial charge in [-0.1, -0.05) is 17.7 Å². The van der Waals surface area contributed by atoms with Crippen LogP contribution >= 0.6 is 11.6 Å². The Bertz CT molecular complexity index is 425. The number of halogens is 1. The van der Waals surface area contributed by atoms with Gasteiger partial charge in [-0.2, -0.15) is 0 Å². The molecule has 1 aromatic carbocycles. The molecule has 1 saturated heterocycles. The molecule has 0 radical (unpaired) electrons. The molecule has 1 aliphatic rings. The van der Waals surface area contributed by atoms with Crippen LogP contribution < -0.4 is 10.2 Å². The smallest absolute Gasteiger partial charge is 0.414 e. The third-order valence-electron chi connectivity index (χ3n) is 3.03. The predicted molar refractivity (Wildman–Crippen MR) is 72.2 cm³/mol. The molecule has 1 unspecified atom stereocenters. The van der Waals surface area contributed by atoms with E-state index >= 15 is 0 Å². The topological polar surface area (TPSA) is 41.6 Å². The fourth-order valence-corrected chi connectivity index (χ4v) is 2.21. The number of amides is 1. The molecule has 4 nitrogen and oxygen atoms in total. The lowest BCUT2D eigenvalue weighted by Crippen LogP contribution is -2.43. The van der Waals surface area contributed by atoms with Crippen LogP contribution in [0.15, 0.2) is 24.3 Å². The highest BCUT2D eigenvalue weighted by Gasteiger charge is 2.27. The number of anilines is 1. The van der Waals surface area contributed by atoms with Crippen LogP contribution in [-0.2, 0) is 4.74 Å². The number of carbonyl (C=O) groups is 1. The molecule has 0 saturated carbocycles. The van der Waals surface area contributed by atoms with Crippen LogP contribution in [0.4, 0.5) is 10.5 Å². The SMILES string of the molecule is CNCCC1COC(=O)N(c2cccc(Cl)c2)C1. The maximum atomic E-state index is 11.8. The van der Waals surface area contributed by atoms with Crippen molar-refractivity contribution >= 4 is 23.4 Å². The fraction of sp³-hybridized carbons (Fsp3) is 0.462. The van der Waals surface area contributed by atoms with Crippen molar-refractivity contribution in [2.45, 2.75) is 6.42 Å². The molecule has 1 heterocycles. The van der Waals surface area contributed by atoms with Gasteiger partial charge in [-0.05, 0) is 38.2 Å². The Morgan fingerprint density at radius 2 is 2.39 bits per heavy atom. The number of ether oxygens (including phenoxy) is 1. The zero-order chi connectivity index (χ0) is 13.0. The molecule has 0 bridgehead atoms. The van der Waals surface area contributed by atoms with Gasteiger partial charge in [0.1, 0.15) is 0 Å². The number of nitrogens with one attached hydrogen (secondary N) is 1. The Morgan fingerprint density at radius 3 is 3.11 bits per heavy atom. The van der Waals surface area contributed by atoms with E-state index in [0.29, 0.717) is 24.1 Å². The Balaban J connectivity index is 2.08. The van der Waals surface area contributed by atoms with E-state index in [1.54, 1.807) is 17.0 Å². The number of rotatable bonds is 4. The number of nitrogens with zero attached hydrogens (tertiary/aromatic N) is 1. The van der Waals surface area contributed by atoms with Crippen molar-refractivity contribution in [1.29, 1.82) is 0 Å². The van der Waals surface area contributed by atoms with E-state index in [0.717, 1.165) is 18.7 Å². The summed E-state index contributed by atoms with van der Waals surface area (Å²) >= 11 is 5.94. The predicted octanol–water partition coefficient (Wildman–Crippen LogP) is 2.52. The van der Waals surface area contributed by atoms with Gasteiger partial charge < -0.3 is 10.1 Å². The van der Waals surface area contributed by atoms with Crippen molar-refractivity contribution in [3.05, 3.63) is 29.3 Å². The van der Waals surface area contributed by atoms with E-state index in [-0.39, 0.29) is 6.09 Å². The molecule has 5 heteroatoms. The molecule has 2 rings (SSSR count). The van der Waals surface area contributed by atoms with Gasteiger partial charge in [-0.25, -0.2) is 4.79 Å². The van der Waals surface area contributed by atoms with Gasteiger partial charge in [0.15, 0.2) is 0 Å². The summed E-state index contributed by atoms with van der Waals surface area (Å²) in [6.45, 7) is 2.10. The zero-order valence-corrected chi connectivity index (χ0v) is 11.1. The van der Waals surface area contributed by atoms with Crippen molar-refractivity contribution in [2.24, 2.45) is 5.92 Å². The summed E-state index contributed by atoms with van der Waals surface area (Å²) in [4.78, 5) is 13.4. The maximum absolute atomic E-state index is 11.8. The quantitative estimate of drug-likeness (QED) is 0.912. The molecule has 1 aliphatic heterocycles. The number of hydrogen-bond donors (Lipinski definition) is 1. The summed E-state index contributed by atoms with van der Waals surface area (Å²) in [5.41, 5.74) is 0.793. The van der Waals surface area contributed by atoms with Gasteiger partial charge in [-0.3, -0.25) is 4.90 Å². The van der Waals surface area contributed by atoms with Gasteiger partial charge in [-0.15, -0.1) is 0 Å². The van der Waals surface area contributed by atoms with E-state index in [4.69, 9.17) is 16.3 Å². The van der Waals surface area contributed by atoms with E-state index < -0.39 is 0 Å². The minimum absolute atomic E-state index is 0.294. The molecule has 1 amide bonds. The molecule has 1 aromatic rings. The van der Waals surface area contributed by atoms with Crippen LogP contribution in [0.25, 0.3) is 0 Å². The van der Waals surface area contributed by atoms with Crippen LogP contribution in [0.1, 0.15) is 6.42 Å². The van der Waals surface area contributed by atoms with E-state index in [1.807, 2.05) is 19.2 Å². The average Bonchev–Trinajstić information content (AvgIpc) is 2.38. The Morgan fingerprint density at radius 1 is 1.56 bits per heavy atom. The maximum Gasteiger partial charge on any atom is 0.414 e. The standard InChI is InChI=1S/C13H17ClN2O2/c1-15-6-5-10-8-16(13(17)18-9-10)12-4-2-3-11(14)7-12/h2-4,7,10,15H,5-6,8-9H2,1H3. The summed E-state index contributed by atoms with van der Waals surface area (Å²) in [6, 6.07) is 7.28. The number of benzene rings is 1. The highest BCUT2D eigenvalue weighted by atomic mass is 35.5. The molecule has 1 N–H and O–H groups in total. The second-order valence-corrected chi connectivity index (χ2v) is 4.86. The van der Waals surface area contributed by atoms with E-state index in [9.17, 15) is 4.79 Å². The van der Waals surface area contributed by atoms with Crippen LogP contribution in [0, 0.1) is 5.92 Å². The van der Waals surface area contributed by atoms with Crippen molar-refractivity contribution in [3.63, 3.8) is 0 Å². The first-order valence-electron chi connectivity index (χ1n) is 6.05. The summed E-state index contributed by atoms with van der Waals surface area (Å²) in [6.07, 6.45) is 0.693. The summed E-state index contributed by atoms with van der Waals surface area (Å²) in [5, 5.41) is 3.73. The summed E-state index contributed by atoms with van der Waals surface area (Å²) in [5.74, 6) is 0.356. The van der Waals surface area contributed by atoms with Crippen LogP contribution in [0.5, 0.6) is 0 Å². The first-order chi connectivity index (χ1) is 8.70. The molecular weight excluding hydrogens is 252 g/mol. The summed E-state index contributed by atoms with van der Waals surface area (Å²) in [7, 11) is 1.92. The molecule has 18 heavy (non-hydrogen) atoms. The molecular formula is C13H17ClN2O2. The van der Waals surface area contributed by atoms with Crippen LogP contribution in [0.3, 0.4) is 0 Å². The molecule has 0 spiro atoms. The molecule has 98 valence electrons. The molecule has 0 aliphatic carbocycles. The normalized spacial score (nSPS) is 19.8. The van der Waals surface area contributed by atoms with Crippen LogP contribution in [0.2, 0.25) is 5.02 Å². The lowest BCUT2D eigenvalue weighted by molar-refractivity contribution is 0.112. The fourth-order valence-electron chi connectivity index (χ4n) is 2.03. The van der Waals surface area contributed by atoms with Crippen molar-refractivity contribution in [3.8, 4) is 0 Å². The van der Waals surface area contributed by atoms with Crippen molar-refractivity contribution < 1.29 is 9.53 Å². The Labute approximate surface area is 112 Å². The van der Waals surface area contributed by atoms with Gasteiger partial charge in [0.05, 0.1) is 6.61 Å². The van der Waals surface area contributed by atoms with E-state index in [2.05, 4.69) is 5.32 Å².